The van der Waals surface area contributed by atoms with E-state index < -0.39 is 17.5 Å². The second-order valence-corrected chi connectivity index (χ2v) is 6.11. The lowest BCUT2D eigenvalue weighted by Gasteiger charge is -2.13. The normalized spacial score (nSPS) is 10.9. The van der Waals surface area contributed by atoms with E-state index in [1.807, 2.05) is 0 Å². The maximum absolute atomic E-state index is 11.3. The summed E-state index contributed by atoms with van der Waals surface area (Å²) >= 11 is 11.9. The van der Waals surface area contributed by atoms with Crippen molar-refractivity contribution in [3.63, 3.8) is 0 Å². The molecule has 1 aromatic carbocycles. The number of aromatic hydroxyl groups is 2. The Balaban J connectivity index is 2.75. The highest BCUT2D eigenvalue weighted by Crippen LogP contribution is 2.44. The molecule has 0 unspecified atom stereocenters. The third kappa shape index (κ3) is 4.68. The van der Waals surface area contributed by atoms with Gasteiger partial charge in [-0.25, -0.2) is 4.79 Å². The number of phenols is 2. The number of aromatic carboxylic acids is 1. The minimum atomic E-state index is -1.33. The SMILES string of the molecule is CCCCCCCCCc1c(Cl)c(Cl)c(O)c(O)c1C(=O)O. The average Bonchev–Trinajstić information content (AvgIpc) is 2.48. The predicted molar refractivity (Wildman–Crippen MR) is 88.4 cm³/mol. The summed E-state index contributed by atoms with van der Waals surface area (Å²) in [6.45, 7) is 2.16. The van der Waals surface area contributed by atoms with Crippen molar-refractivity contribution in [2.24, 2.45) is 0 Å². The number of halogens is 2. The van der Waals surface area contributed by atoms with E-state index in [0.29, 0.717) is 6.42 Å². The van der Waals surface area contributed by atoms with E-state index in [9.17, 15) is 20.1 Å². The molecule has 4 nitrogen and oxygen atoms in total. The topological polar surface area (TPSA) is 77.8 Å². The van der Waals surface area contributed by atoms with Crippen LogP contribution in [0.25, 0.3) is 0 Å². The first kappa shape index (κ1) is 18.9. The quantitative estimate of drug-likeness (QED) is 0.412. The van der Waals surface area contributed by atoms with Crippen LogP contribution in [0.3, 0.4) is 0 Å². The van der Waals surface area contributed by atoms with Gasteiger partial charge in [0.05, 0.1) is 5.02 Å². The first-order valence-corrected chi connectivity index (χ1v) is 8.32. The van der Waals surface area contributed by atoms with Gasteiger partial charge in [0.1, 0.15) is 10.6 Å². The lowest BCUT2D eigenvalue weighted by Crippen LogP contribution is -2.05. The highest BCUT2D eigenvalue weighted by atomic mass is 35.5. The number of carboxylic acid groups (broad SMARTS) is 1. The van der Waals surface area contributed by atoms with Gasteiger partial charge in [0, 0.05) is 0 Å². The minimum Gasteiger partial charge on any atom is -0.504 e. The summed E-state index contributed by atoms with van der Waals surface area (Å²) in [4.78, 5) is 11.3. The van der Waals surface area contributed by atoms with Crippen LogP contribution in [0.5, 0.6) is 11.5 Å². The van der Waals surface area contributed by atoms with Crippen LogP contribution in [0.1, 0.15) is 67.8 Å². The van der Waals surface area contributed by atoms with Crippen molar-refractivity contribution in [1.29, 1.82) is 0 Å². The number of carboxylic acids is 1. The molecule has 0 saturated carbocycles. The molecular weight excluding hydrogens is 327 g/mol. The Morgan fingerprint density at radius 1 is 0.909 bits per heavy atom. The Labute approximate surface area is 140 Å². The first-order valence-electron chi connectivity index (χ1n) is 7.56. The number of carbonyl (C=O) groups is 1. The fourth-order valence-corrected chi connectivity index (χ4v) is 2.92. The van der Waals surface area contributed by atoms with Gasteiger partial charge in [-0.2, -0.15) is 0 Å². The van der Waals surface area contributed by atoms with Gasteiger partial charge in [-0.3, -0.25) is 0 Å². The smallest absolute Gasteiger partial charge is 0.339 e. The van der Waals surface area contributed by atoms with Crippen LogP contribution in [0, 0.1) is 0 Å². The molecule has 0 aromatic heterocycles. The molecule has 0 bridgehead atoms. The predicted octanol–water partition coefficient (Wildman–Crippen LogP) is 5.40. The van der Waals surface area contributed by atoms with Crippen molar-refractivity contribution in [2.75, 3.05) is 0 Å². The molecule has 124 valence electrons. The number of benzene rings is 1. The van der Waals surface area contributed by atoms with Crippen LogP contribution in [-0.4, -0.2) is 21.3 Å². The maximum atomic E-state index is 11.3. The summed E-state index contributed by atoms with van der Waals surface area (Å²) in [5, 5.41) is 28.4. The van der Waals surface area contributed by atoms with Crippen molar-refractivity contribution < 1.29 is 20.1 Å². The van der Waals surface area contributed by atoms with Gasteiger partial charge in [-0.05, 0) is 18.4 Å². The van der Waals surface area contributed by atoms with E-state index in [1.54, 1.807) is 0 Å². The maximum Gasteiger partial charge on any atom is 0.339 e. The molecule has 1 rings (SSSR count). The van der Waals surface area contributed by atoms with Gasteiger partial charge in [0.2, 0.25) is 0 Å². The van der Waals surface area contributed by atoms with Crippen LogP contribution in [0.2, 0.25) is 10.0 Å². The van der Waals surface area contributed by atoms with Crippen molar-refractivity contribution in [1.82, 2.24) is 0 Å². The van der Waals surface area contributed by atoms with E-state index in [2.05, 4.69) is 6.92 Å². The van der Waals surface area contributed by atoms with Gasteiger partial charge >= 0.3 is 5.97 Å². The zero-order valence-electron chi connectivity index (χ0n) is 12.7. The molecule has 0 heterocycles. The van der Waals surface area contributed by atoms with E-state index in [4.69, 9.17) is 23.2 Å². The van der Waals surface area contributed by atoms with Crippen molar-refractivity contribution in [3.05, 3.63) is 21.2 Å². The third-order valence-corrected chi connectivity index (χ3v) is 4.55. The fourth-order valence-electron chi connectivity index (χ4n) is 2.44. The molecule has 0 aliphatic heterocycles. The van der Waals surface area contributed by atoms with Gasteiger partial charge in [-0.15, -0.1) is 0 Å². The van der Waals surface area contributed by atoms with Gasteiger partial charge in [0.25, 0.3) is 0 Å². The first-order chi connectivity index (χ1) is 10.4. The van der Waals surface area contributed by atoms with E-state index in [-0.39, 0.29) is 21.2 Å². The largest absolute Gasteiger partial charge is 0.504 e. The molecule has 0 saturated heterocycles. The molecule has 0 aliphatic rings. The lowest BCUT2D eigenvalue weighted by molar-refractivity contribution is 0.0691. The zero-order chi connectivity index (χ0) is 16.7. The molecule has 3 N–H and O–H groups in total. The van der Waals surface area contributed by atoms with Gasteiger partial charge in [0.15, 0.2) is 11.5 Å². The molecule has 22 heavy (non-hydrogen) atoms. The van der Waals surface area contributed by atoms with Gasteiger partial charge in [-0.1, -0.05) is 68.7 Å². The highest BCUT2D eigenvalue weighted by molar-refractivity contribution is 6.44. The Kier molecular flexibility index (Phi) is 7.83. The van der Waals surface area contributed by atoms with E-state index in [0.717, 1.165) is 25.7 Å². The molecule has 1 aromatic rings. The Morgan fingerprint density at radius 2 is 1.45 bits per heavy atom. The highest BCUT2D eigenvalue weighted by Gasteiger charge is 2.25. The number of hydrogen-bond acceptors (Lipinski definition) is 3. The minimum absolute atomic E-state index is 0.000324. The van der Waals surface area contributed by atoms with Crippen molar-refractivity contribution >= 4 is 29.2 Å². The zero-order valence-corrected chi connectivity index (χ0v) is 14.2. The summed E-state index contributed by atoms with van der Waals surface area (Å²) in [5.74, 6) is -2.74. The summed E-state index contributed by atoms with van der Waals surface area (Å²) < 4.78 is 0. The molecule has 0 aliphatic carbocycles. The van der Waals surface area contributed by atoms with Gasteiger partial charge < -0.3 is 15.3 Å². The Bertz CT molecular complexity index is 530. The number of phenolic OH excluding ortho intramolecular Hbond substituents is 1. The summed E-state index contributed by atoms with van der Waals surface area (Å²) in [7, 11) is 0. The number of hydrogen-bond donors (Lipinski definition) is 3. The molecule has 6 heteroatoms. The Hall–Kier alpha value is -1.13. The fraction of sp³-hybridized carbons (Fsp3) is 0.562. The summed E-state index contributed by atoms with van der Waals surface area (Å²) in [6, 6.07) is 0. The van der Waals surface area contributed by atoms with E-state index in [1.165, 1.54) is 19.3 Å². The van der Waals surface area contributed by atoms with Crippen molar-refractivity contribution in [2.45, 2.75) is 58.3 Å². The molecule has 0 fully saturated rings. The second kappa shape index (κ2) is 9.11. The van der Waals surface area contributed by atoms with Crippen LogP contribution in [0.4, 0.5) is 0 Å². The third-order valence-electron chi connectivity index (χ3n) is 3.67. The number of rotatable bonds is 9. The monoisotopic (exact) mass is 348 g/mol. The second-order valence-electron chi connectivity index (χ2n) is 5.36. The standard InChI is InChI=1S/C16H22Cl2O4/c1-2-3-4-5-6-7-8-9-10-11(16(21)22)14(19)15(20)13(18)12(10)17/h19-20H,2-9H2,1H3,(H,21,22). The Morgan fingerprint density at radius 3 is 2.00 bits per heavy atom. The van der Waals surface area contributed by atoms with Crippen LogP contribution >= 0.6 is 23.2 Å². The summed E-state index contributed by atoms with van der Waals surface area (Å²) in [6.07, 6.45) is 8.00. The molecular formula is C16H22Cl2O4. The molecule has 0 spiro atoms. The van der Waals surface area contributed by atoms with Crippen LogP contribution in [-0.2, 0) is 6.42 Å². The summed E-state index contributed by atoms with van der Waals surface area (Å²) in [5.41, 5.74) is -0.0825. The van der Waals surface area contributed by atoms with E-state index >= 15 is 0 Å². The lowest BCUT2D eigenvalue weighted by atomic mass is 9.98. The van der Waals surface area contributed by atoms with Crippen LogP contribution < -0.4 is 0 Å². The van der Waals surface area contributed by atoms with Crippen LogP contribution in [0.15, 0.2) is 0 Å². The molecule has 0 atom stereocenters. The number of unbranched alkanes of at least 4 members (excludes halogenated alkanes) is 6. The molecule has 0 amide bonds. The molecule has 0 radical (unpaired) electrons. The van der Waals surface area contributed by atoms with Crippen molar-refractivity contribution in [3.8, 4) is 11.5 Å². The average molecular weight is 349 g/mol.